The quantitative estimate of drug-likeness (QED) is 0.0943. The maximum atomic E-state index is 12.3. The summed E-state index contributed by atoms with van der Waals surface area (Å²) in [4.78, 5) is 66.1. The lowest BCUT2D eigenvalue weighted by molar-refractivity contribution is -0.159. The van der Waals surface area contributed by atoms with Crippen LogP contribution >= 0.6 is 136 Å². The van der Waals surface area contributed by atoms with E-state index in [4.69, 9.17) is 41.5 Å². The molecule has 0 saturated carbocycles. The molecule has 4 amide bonds. The van der Waals surface area contributed by atoms with E-state index in [1.807, 2.05) is 136 Å². The van der Waals surface area contributed by atoms with E-state index in [0.717, 1.165) is 0 Å². The number of halogens is 6. The first-order valence-electron chi connectivity index (χ1n) is 13.0. The monoisotopic (exact) mass is 1380 g/mol. The fourth-order valence-electron chi connectivity index (χ4n) is 3.27. The molecule has 0 aliphatic heterocycles. The van der Waals surface area contributed by atoms with E-state index in [1.54, 1.807) is 0 Å². The highest BCUT2D eigenvalue weighted by molar-refractivity contribution is 14.1. The predicted molar refractivity (Wildman–Crippen MR) is 224 cm³/mol. The summed E-state index contributed by atoms with van der Waals surface area (Å²) in [6.45, 7) is -1.90. The van der Waals surface area contributed by atoms with Crippen LogP contribution in [0.1, 0.15) is 52.6 Å². The minimum atomic E-state index is -1.82. The molecule has 0 saturated heterocycles. The summed E-state index contributed by atoms with van der Waals surface area (Å²) in [5.74, 6) is -6.07. The number of carbonyl (C=O) groups excluding carboxylic acids is 4. The van der Waals surface area contributed by atoms with Crippen LogP contribution in [0, 0.1) is 21.4 Å². The zero-order chi connectivity index (χ0) is 39.2. The molecule has 2 rings (SSSR count). The number of aliphatic hydroxyl groups is 6. The molecule has 24 heteroatoms. The van der Waals surface area contributed by atoms with Crippen molar-refractivity contribution < 1.29 is 69.6 Å². The second-order valence-corrected chi connectivity index (χ2v) is 15.6. The molecular formula is C26H28I6N4O14. The Kier molecular flexibility index (Phi) is 23.7. The number of carbonyl (C=O) groups is 6. The summed E-state index contributed by atoms with van der Waals surface area (Å²) in [7, 11) is 0. The maximum absolute atomic E-state index is 12.3. The molecule has 0 radical (unpaired) electrons. The summed E-state index contributed by atoms with van der Waals surface area (Å²) < 4.78 is 2.80. The van der Waals surface area contributed by atoms with Crippen LogP contribution in [0.25, 0.3) is 0 Å². The fourth-order valence-corrected chi connectivity index (χ4v) is 12.3. The van der Waals surface area contributed by atoms with Crippen molar-refractivity contribution in [3.63, 3.8) is 0 Å². The van der Waals surface area contributed by atoms with Gasteiger partial charge >= 0.3 is 11.9 Å². The molecule has 0 aromatic heterocycles. The van der Waals surface area contributed by atoms with Crippen molar-refractivity contribution >= 4 is 171 Å². The minimum absolute atomic E-state index is 0.131. The third-order valence-electron chi connectivity index (χ3n) is 5.68. The molecule has 0 fully saturated rings. The summed E-state index contributed by atoms with van der Waals surface area (Å²) in [5.41, 5.74) is 12.4. The van der Waals surface area contributed by atoms with Gasteiger partial charge in [0.2, 0.25) is 0 Å². The van der Waals surface area contributed by atoms with Crippen LogP contribution in [0.2, 0.25) is 0 Å². The maximum Gasteiger partial charge on any atom is 0.414 e. The Bertz CT molecular complexity index is 1510. The molecule has 0 aliphatic rings. The number of hydrogen-bond acceptors (Lipinski definition) is 12. The SMILES string of the molecule is NC(=O)c1c(I)c(CO)c(I)c(C(=O)NCC(O)CO)c1I.NC(=O)c1c(I)c(CO)c(I)c(C(=O)NCC(O)CO)c1I.O=C(O)C(=O)O. The van der Waals surface area contributed by atoms with Gasteiger partial charge in [0.15, 0.2) is 0 Å². The Morgan fingerprint density at radius 3 is 0.980 bits per heavy atom. The number of nitrogens with two attached hydrogens (primary N) is 2. The highest BCUT2D eigenvalue weighted by Gasteiger charge is 2.28. The van der Waals surface area contributed by atoms with E-state index in [-0.39, 0.29) is 48.6 Å². The zero-order valence-corrected chi connectivity index (χ0v) is 37.8. The van der Waals surface area contributed by atoms with Gasteiger partial charge < -0.3 is 63.0 Å². The summed E-state index contributed by atoms with van der Waals surface area (Å²) >= 11 is 11.4. The van der Waals surface area contributed by atoms with Crippen molar-refractivity contribution in [3.8, 4) is 0 Å². The van der Waals surface area contributed by atoms with Gasteiger partial charge in [0.25, 0.3) is 23.6 Å². The van der Waals surface area contributed by atoms with Crippen LogP contribution < -0.4 is 22.1 Å². The highest BCUT2D eigenvalue weighted by atomic mass is 127. The lowest BCUT2D eigenvalue weighted by Crippen LogP contribution is -2.35. The molecule has 50 heavy (non-hydrogen) atoms. The molecule has 2 aromatic rings. The molecule has 2 atom stereocenters. The predicted octanol–water partition coefficient (Wildman–Crippen LogP) is -0.495. The Hall–Kier alpha value is -0.600. The number of primary amides is 2. The number of carboxylic acids is 2. The number of hydrogen-bond donors (Lipinski definition) is 12. The molecule has 2 aromatic carbocycles. The van der Waals surface area contributed by atoms with E-state index >= 15 is 0 Å². The largest absolute Gasteiger partial charge is 0.473 e. The van der Waals surface area contributed by atoms with Crippen LogP contribution in [0.15, 0.2) is 0 Å². The van der Waals surface area contributed by atoms with Crippen LogP contribution in [-0.2, 0) is 22.8 Å². The average Bonchev–Trinajstić information content (AvgIpc) is 3.02. The van der Waals surface area contributed by atoms with Gasteiger partial charge in [-0.25, -0.2) is 9.59 Å². The van der Waals surface area contributed by atoms with Gasteiger partial charge in [-0.1, -0.05) is 0 Å². The second kappa shape index (κ2) is 23.9. The van der Waals surface area contributed by atoms with Crippen molar-refractivity contribution in [2.45, 2.75) is 25.4 Å². The lowest BCUT2D eigenvalue weighted by Gasteiger charge is -2.17. The molecule has 0 bridgehead atoms. The first-order chi connectivity index (χ1) is 23.2. The standard InChI is InChI=1S/2C12H13I3N2O5.C2H2O4/c2*13-8-5(3-19)9(14)7(10(15)6(8)11(16)21)12(22)17-1-4(20)2-18;3-1(4)2(5)6/h2*4,18-20H,1-3H2,(H2,16,21)(H,17,22);(H,3,4)(H,5,6). The van der Waals surface area contributed by atoms with Gasteiger partial charge in [-0.05, 0) is 136 Å². The van der Waals surface area contributed by atoms with Crippen molar-refractivity contribution in [2.75, 3.05) is 26.3 Å². The normalized spacial score (nSPS) is 11.5. The molecule has 0 spiro atoms. The van der Waals surface area contributed by atoms with Crippen LogP contribution in [0.3, 0.4) is 0 Å². The Morgan fingerprint density at radius 1 is 0.520 bits per heavy atom. The fraction of sp³-hybridized carbons (Fsp3) is 0.308. The van der Waals surface area contributed by atoms with Gasteiger partial charge in [-0.2, -0.15) is 0 Å². The summed E-state index contributed by atoms with van der Waals surface area (Å²) in [6, 6.07) is 0. The van der Waals surface area contributed by atoms with E-state index < -0.39 is 61.0 Å². The van der Waals surface area contributed by atoms with E-state index in [0.29, 0.717) is 32.5 Å². The molecule has 14 N–H and O–H groups in total. The number of nitrogens with one attached hydrogen (secondary N) is 2. The van der Waals surface area contributed by atoms with E-state index in [2.05, 4.69) is 10.6 Å². The molecule has 2 unspecified atom stereocenters. The van der Waals surface area contributed by atoms with Crippen LogP contribution in [0.5, 0.6) is 0 Å². The second-order valence-electron chi connectivity index (χ2n) is 9.09. The van der Waals surface area contributed by atoms with Gasteiger partial charge in [0, 0.05) is 45.6 Å². The van der Waals surface area contributed by atoms with Crippen molar-refractivity contribution in [1.29, 1.82) is 0 Å². The summed E-state index contributed by atoms with van der Waals surface area (Å²) in [6.07, 6.45) is -2.15. The number of rotatable bonds is 12. The molecule has 18 nitrogen and oxygen atoms in total. The number of benzene rings is 2. The topological polar surface area (TPSA) is 340 Å². The Balaban J connectivity index is 0.000000826. The molecule has 0 heterocycles. The highest BCUT2D eigenvalue weighted by Crippen LogP contribution is 2.33. The first-order valence-corrected chi connectivity index (χ1v) is 19.4. The number of aliphatic hydroxyl groups excluding tert-OH is 6. The third kappa shape index (κ3) is 14.0. The first kappa shape index (κ1) is 49.4. The molecule has 0 aliphatic carbocycles. The van der Waals surface area contributed by atoms with Gasteiger partial charge in [0.05, 0.1) is 60.9 Å². The number of amides is 4. The number of carboxylic acid groups (broad SMARTS) is 2. The number of aliphatic carboxylic acids is 2. The van der Waals surface area contributed by atoms with E-state index in [1.165, 1.54) is 0 Å². The average molecular weight is 1380 g/mol. The van der Waals surface area contributed by atoms with E-state index in [9.17, 15) is 39.6 Å². The van der Waals surface area contributed by atoms with Crippen molar-refractivity contribution in [2.24, 2.45) is 11.5 Å². The Morgan fingerprint density at radius 2 is 0.780 bits per heavy atom. The molecular weight excluding hydrogens is 1350 g/mol. The minimum Gasteiger partial charge on any atom is -0.473 e. The van der Waals surface area contributed by atoms with Crippen LogP contribution in [0.4, 0.5) is 0 Å². The summed E-state index contributed by atoms with van der Waals surface area (Å²) in [5, 5.41) is 74.8. The zero-order valence-electron chi connectivity index (χ0n) is 24.8. The van der Waals surface area contributed by atoms with Crippen molar-refractivity contribution in [3.05, 3.63) is 54.8 Å². The smallest absolute Gasteiger partial charge is 0.414 e. The Labute approximate surface area is 364 Å². The van der Waals surface area contributed by atoms with Gasteiger partial charge in [0.1, 0.15) is 0 Å². The lowest BCUT2D eigenvalue weighted by atomic mass is 10.0. The van der Waals surface area contributed by atoms with Gasteiger partial charge in [-0.15, -0.1) is 0 Å². The molecule has 278 valence electrons. The van der Waals surface area contributed by atoms with Gasteiger partial charge in [-0.3, -0.25) is 19.2 Å². The van der Waals surface area contributed by atoms with Crippen LogP contribution in [-0.4, -0.2) is 115 Å². The van der Waals surface area contributed by atoms with Crippen molar-refractivity contribution in [1.82, 2.24) is 10.6 Å². The third-order valence-corrected chi connectivity index (χ3v) is 12.6.